The van der Waals surface area contributed by atoms with Crippen molar-refractivity contribution in [1.29, 1.82) is 0 Å². The zero-order chi connectivity index (χ0) is 6.07. The molecule has 3 fully saturated rings. The topological polar surface area (TPSA) is 0 Å². The Kier molecular flexibility index (Phi) is 0.224. The maximum atomic E-state index is 2.54. The Hall–Kier alpha value is -0.260. The number of hydrogen-bond acceptors (Lipinski definition) is 0. The molecule has 0 nitrogen and oxygen atoms in total. The lowest BCUT2D eigenvalue weighted by Crippen LogP contribution is -2.20. The molecule has 0 radical (unpaired) electrons. The van der Waals surface area contributed by atoms with E-state index in [-0.39, 0.29) is 0 Å². The number of hydrogen-bond donors (Lipinski definition) is 0. The van der Waals surface area contributed by atoms with Crippen LogP contribution in [0.1, 0.15) is 20.3 Å². The summed E-state index contributed by atoms with van der Waals surface area (Å²) in [5, 5.41) is 0. The molecule has 0 N–H and O–H groups in total. The molecule has 0 amide bonds. The van der Waals surface area contributed by atoms with E-state index < -0.39 is 0 Å². The van der Waals surface area contributed by atoms with Crippen LogP contribution in [0.3, 0.4) is 0 Å². The van der Waals surface area contributed by atoms with E-state index in [1.165, 1.54) is 0 Å². The van der Waals surface area contributed by atoms with Gasteiger partial charge >= 0.3 is 0 Å². The monoisotopic (exact) mass is 118 g/mol. The van der Waals surface area contributed by atoms with E-state index in [1.807, 2.05) is 0 Å². The van der Waals surface area contributed by atoms with Crippen LogP contribution in [0.5, 0.6) is 0 Å². The van der Waals surface area contributed by atoms with E-state index in [9.17, 15) is 0 Å². The lowest BCUT2D eigenvalue weighted by Gasteiger charge is -2.28. The molecular formula is C9H10. The van der Waals surface area contributed by atoms with Crippen molar-refractivity contribution >= 4 is 0 Å². The second-order valence-electron chi connectivity index (χ2n) is 4.47. The van der Waals surface area contributed by atoms with Crippen LogP contribution in [0.25, 0.3) is 0 Å². The molecule has 0 aromatic heterocycles. The summed E-state index contributed by atoms with van der Waals surface area (Å²) in [6.07, 6.45) is 4.10. The third-order valence-electron chi connectivity index (χ3n) is 5.02. The van der Waals surface area contributed by atoms with Gasteiger partial charge in [-0.1, -0.05) is 18.6 Å². The molecule has 0 saturated heterocycles. The molecule has 4 atom stereocenters. The van der Waals surface area contributed by atoms with Crippen LogP contribution in [-0.4, -0.2) is 0 Å². The molecular weight excluding hydrogens is 108 g/mol. The van der Waals surface area contributed by atoms with Gasteiger partial charge in [-0.2, -0.15) is 0 Å². The number of allylic oxidation sites excluding steroid dienone is 2. The summed E-state index contributed by atoms with van der Waals surface area (Å²) in [4.78, 5) is 0. The van der Waals surface area contributed by atoms with E-state index >= 15 is 0 Å². The molecule has 0 bridgehead atoms. The zero-order valence-electron chi connectivity index (χ0n) is 5.86. The molecule has 4 rings (SSSR count). The minimum absolute atomic E-state index is 0.837. The van der Waals surface area contributed by atoms with Crippen molar-refractivity contribution in [2.45, 2.75) is 20.3 Å². The second kappa shape index (κ2) is 0.531. The van der Waals surface area contributed by atoms with Gasteiger partial charge in [0.15, 0.2) is 0 Å². The Morgan fingerprint density at radius 3 is 2.56 bits per heavy atom. The van der Waals surface area contributed by atoms with Crippen molar-refractivity contribution in [3.8, 4) is 0 Å². The average Bonchev–Trinajstić information content (AvgIpc) is 2.67. The third-order valence-corrected chi connectivity index (χ3v) is 5.02. The Bertz CT molecular complexity index is 288. The summed E-state index contributed by atoms with van der Waals surface area (Å²) >= 11 is 0. The lowest BCUT2D eigenvalue weighted by molar-refractivity contribution is 0.398. The molecule has 0 aromatic rings. The first kappa shape index (κ1) is 3.80. The molecule has 3 saturated carbocycles. The van der Waals surface area contributed by atoms with Crippen LogP contribution in [-0.2, 0) is 0 Å². The van der Waals surface area contributed by atoms with E-state index in [4.69, 9.17) is 0 Å². The van der Waals surface area contributed by atoms with Crippen molar-refractivity contribution in [2.24, 2.45) is 22.2 Å². The Morgan fingerprint density at radius 2 is 2.44 bits per heavy atom. The highest BCUT2D eigenvalue weighted by atomic mass is 15.2. The molecule has 4 unspecified atom stereocenters. The summed E-state index contributed by atoms with van der Waals surface area (Å²) in [6, 6.07) is 0. The number of rotatable bonds is 0. The fraction of sp³-hybridized carbons (Fsp3) is 0.778. The lowest BCUT2D eigenvalue weighted by atomic mass is 9.75. The van der Waals surface area contributed by atoms with Gasteiger partial charge in [-0.25, -0.2) is 0 Å². The minimum atomic E-state index is 0.837. The highest BCUT2D eigenvalue weighted by Gasteiger charge is 3.17. The van der Waals surface area contributed by atoms with Crippen LogP contribution in [0.15, 0.2) is 11.6 Å². The van der Waals surface area contributed by atoms with Gasteiger partial charge in [0.1, 0.15) is 0 Å². The summed E-state index contributed by atoms with van der Waals surface area (Å²) in [5.74, 6) is 1.08. The van der Waals surface area contributed by atoms with Gasteiger partial charge in [-0.05, 0) is 24.7 Å². The van der Waals surface area contributed by atoms with Crippen molar-refractivity contribution in [3.05, 3.63) is 11.6 Å². The van der Waals surface area contributed by atoms with Crippen LogP contribution in [0.2, 0.25) is 0 Å². The van der Waals surface area contributed by atoms with Crippen LogP contribution < -0.4 is 0 Å². The minimum Gasteiger partial charge on any atom is -0.0770 e. The zero-order valence-corrected chi connectivity index (χ0v) is 5.86. The van der Waals surface area contributed by atoms with Gasteiger partial charge in [0, 0.05) is 10.8 Å². The van der Waals surface area contributed by atoms with E-state index in [0.29, 0.717) is 0 Å². The average molecular weight is 118 g/mol. The molecule has 4 aliphatic rings. The van der Waals surface area contributed by atoms with Gasteiger partial charge in [-0.15, -0.1) is 0 Å². The van der Waals surface area contributed by atoms with Gasteiger partial charge in [0.25, 0.3) is 0 Å². The molecule has 3 spiro atoms. The Labute approximate surface area is 54.9 Å². The smallest absolute Gasteiger partial charge is 0.00838 e. The van der Waals surface area contributed by atoms with Gasteiger partial charge < -0.3 is 0 Å². The van der Waals surface area contributed by atoms with E-state index in [0.717, 1.165) is 22.2 Å². The summed E-state index contributed by atoms with van der Waals surface area (Å²) in [5.41, 5.74) is 4.33. The summed E-state index contributed by atoms with van der Waals surface area (Å²) in [6.45, 7) is 4.74. The fourth-order valence-electron chi connectivity index (χ4n) is 4.50. The second-order valence-corrected chi connectivity index (χ2v) is 4.47. The predicted molar refractivity (Wildman–Crippen MR) is 34.8 cm³/mol. The van der Waals surface area contributed by atoms with Crippen molar-refractivity contribution in [3.63, 3.8) is 0 Å². The fourth-order valence-corrected chi connectivity index (χ4v) is 4.50. The van der Waals surface area contributed by atoms with Crippen LogP contribution >= 0.6 is 0 Å². The highest BCUT2D eigenvalue weighted by Crippen LogP contribution is 3.21. The summed E-state index contributed by atoms with van der Waals surface area (Å²) in [7, 11) is 0. The third kappa shape index (κ3) is 0.103. The first-order valence-corrected chi connectivity index (χ1v) is 3.94. The standard InChI is InChI=1S/C9H10/c1-5-3-7-6(2)9(7)4-8(5,7)9/h3,6H,4H2,1-2H3. The maximum absolute atomic E-state index is 2.54. The summed E-state index contributed by atoms with van der Waals surface area (Å²) < 4.78 is 0. The SMILES string of the molecule is CC1=CC23C(C)C24CC134. The van der Waals surface area contributed by atoms with E-state index in [2.05, 4.69) is 19.9 Å². The molecule has 0 aromatic carbocycles. The first-order valence-electron chi connectivity index (χ1n) is 3.94. The Morgan fingerprint density at radius 1 is 1.67 bits per heavy atom. The van der Waals surface area contributed by atoms with Gasteiger partial charge in [0.2, 0.25) is 0 Å². The van der Waals surface area contributed by atoms with Crippen molar-refractivity contribution in [1.82, 2.24) is 0 Å². The predicted octanol–water partition coefficient (Wildman–Crippen LogP) is 1.97. The Balaban J connectivity index is 2.07. The van der Waals surface area contributed by atoms with Gasteiger partial charge in [-0.3, -0.25) is 0 Å². The largest absolute Gasteiger partial charge is 0.0770 e. The van der Waals surface area contributed by atoms with Crippen molar-refractivity contribution in [2.75, 3.05) is 0 Å². The maximum Gasteiger partial charge on any atom is 0.00838 e. The van der Waals surface area contributed by atoms with Crippen LogP contribution in [0, 0.1) is 22.2 Å². The molecule has 4 aliphatic carbocycles. The van der Waals surface area contributed by atoms with E-state index in [1.54, 1.807) is 12.0 Å². The quantitative estimate of drug-likeness (QED) is 0.426. The van der Waals surface area contributed by atoms with Gasteiger partial charge in [0.05, 0.1) is 0 Å². The highest BCUT2D eigenvalue weighted by molar-refractivity contribution is 5.77. The normalized spacial score (nSPS) is 85.1. The molecule has 0 heteroatoms. The van der Waals surface area contributed by atoms with Crippen LogP contribution in [0.4, 0.5) is 0 Å². The first-order chi connectivity index (χ1) is 4.24. The molecule has 9 heavy (non-hydrogen) atoms. The molecule has 0 aliphatic heterocycles. The molecule has 46 valence electrons. The molecule has 0 heterocycles. The van der Waals surface area contributed by atoms with Crippen molar-refractivity contribution < 1.29 is 0 Å².